The number of aliphatic imine (C=N–C) groups is 1. The van der Waals surface area contributed by atoms with Crippen molar-refractivity contribution in [1.29, 1.82) is 0 Å². The van der Waals surface area contributed by atoms with Crippen molar-refractivity contribution in [2.24, 2.45) is 4.99 Å². The molecule has 0 spiro atoms. The molecule has 0 heterocycles. The summed E-state index contributed by atoms with van der Waals surface area (Å²) in [6, 6.07) is 0. The van der Waals surface area contributed by atoms with Gasteiger partial charge in [0.1, 0.15) is 18.8 Å². The molecule has 19 heavy (non-hydrogen) atoms. The van der Waals surface area contributed by atoms with Crippen molar-refractivity contribution < 1.29 is 18.3 Å². The van der Waals surface area contributed by atoms with Crippen molar-refractivity contribution in [3.8, 4) is 0 Å². The van der Waals surface area contributed by atoms with Crippen LogP contribution in [0.5, 0.6) is 0 Å². The van der Waals surface area contributed by atoms with Gasteiger partial charge in [-0.15, -0.1) is 0 Å². The van der Waals surface area contributed by atoms with Crippen LogP contribution in [0.4, 0.5) is 0 Å². The third-order valence-corrected chi connectivity index (χ3v) is 3.17. The fourth-order valence-corrected chi connectivity index (χ4v) is 1.84. The highest BCUT2D eigenvalue weighted by atomic mass is 32.2. The highest BCUT2D eigenvalue weighted by molar-refractivity contribution is 7.87. The SMILES string of the molecule is C=C(N=CN(C)C(C)OCO)NS(=O)(=O)NCCC. The lowest BCUT2D eigenvalue weighted by molar-refractivity contribution is -0.0816. The molecule has 0 aliphatic heterocycles. The minimum absolute atomic E-state index is 0.0216. The summed E-state index contributed by atoms with van der Waals surface area (Å²) in [4.78, 5) is 5.39. The minimum Gasteiger partial charge on any atom is -0.371 e. The van der Waals surface area contributed by atoms with Crippen molar-refractivity contribution in [1.82, 2.24) is 14.3 Å². The number of nitrogens with one attached hydrogen (secondary N) is 2. The molecular formula is C10H22N4O4S. The Hall–Kier alpha value is -1.16. The first kappa shape index (κ1) is 17.8. The molecule has 0 amide bonds. The fraction of sp³-hybridized carbons (Fsp3) is 0.700. The monoisotopic (exact) mass is 294 g/mol. The first-order valence-electron chi connectivity index (χ1n) is 5.77. The Morgan fingerprint density at radius 3 is 2.79 bits per heavy atom. The normalized spacial score (nSPS) is 13.5. The maximum atomic E-state index is 11.5. The van der Waals surface area contributed by atoms with Crippen LogP contribution in [-0.4, -0.2) is 51.4 Å². The van der Waals surface area contributed by atoms with Gasteiger partial charge in [0.05, 0.1) is 6.34 Å². The van der Waals surface area contributed by atoms with Crippen LogP contribution in [0.1, 0.15) is 20.3 Å². The Labute approximate surface area is 114 Å². The van der Waals surface area contributed by atoms with E-state index in [1.54, 1.807) is 18.9 Å². The molecule has 0 aromatic heterocycles. The zero-order valence-corrected chi connectivity index (χ0v) is 12.3. The molecule has 0 fully saturated rings. The topological polar surface area (TPSA) is 103 Å². The molecule has 0 aromatic rings. The van der Waals surface area contributed by atoms with Crippen LogP contribution in [-0.2, 0) is 14.9 Å². The summed E-state index contributed by atoms with van der Waals surface area (Å²) in [6.07, 6.45) is 1.65. The zero-order chi connectivity index (χ0) is 14.9. The lowest BCUT2D eigenvalue weighted by atomic mass is 10.5. The predicted molar refractivity (Wildman–Crippen MR) is 73.4 cm³/mol. The van der Waals surface area contributed by atoms with Crippen LogP contribution >= 0.6 is 0 Å². The van der Waals surface area contributed by atoms with Crippen LogP contribution in [0.15, 0.2) is 17.4 Å². The summed E-state index contributed by atoms with van der Waals surface area (Å²) < 4.78 is 32.3. The Balaban J connectivity index is 4.30. The maximum absolute atomic E-state index is 11.5. The molecule has 0 saturated heterocycles. The van der Waals surface area contributed by atoms with Gasteiger partial charge in [-0.2, -0.15) is 13.1 Å². The molecule has 3 N–H and O–H groups in total. The van der Waals surface area contributed by atoms with Gasteiger partial charge in [0.2, 0.25) is 0 Å². The number of hydrogen-bond donors (Lipinski definition) is 3. The van der Waals surface area contributed by atoms with E-state index in [1.165, 1.54) is 6.34 Å². The maximum Gasteiger partial charge on any atom is 0.300 e. The van der Waals surface area contributed by atoms with Gasteiger partial charge in [0, 0.05) is 13.6 Å². The quantitative estimate of drug-likeness (QED) is 0.288. The molecule has 0 bridgehead atoms. The van der Waals surface area contributed by atoms with Gasteiger partial charge in [-0.1, -0.05) is 13.5 Å². The van der Waals surface area contributed by atoms with Gasteiger partial charge < -0.3 is 14.7 Å². The zero-order valence-electron chi connectivity index (χ0n) is 11.5. The van der Waals surface area contributed by atoms with Crippen LogP contribution in [0.25, 0.3) is 0 Å². The number of rotatable bonds is 10. The molecule has 0 aliphatic carbocycles. The second-order valence-corrected chi connectivity index (χ2v) is 5.25. The van der Waals surface area contributed by atoms with Gasteiger partial charge in [-0.3, -0.25) is 4.72 Å². The minimum atomic E-state index is -3.62. The molecule has 0 rings (SSSR count). The third kappa shape index (κ3) is 8.54. The number of aliphatic hydroxyl groups is 1. The van der Waals surface area contributed by atoms with Crippen molar-refractivity contribution in [2.45, 2.75) is 26.5 Å². The molecule has 1 unspecified atom stereocenters. The molecule has 0 radical (unpaired) electrons. The highest BCUT2D eigenvalue weighted by Gasteiger charge is 2.09. The summed E-state index contributed by atoms with van der Waals surface area (Å²) in [5.74, 6) is -0.0216. The second kappa shape index (κ2) is 8.86. The van der Waals surface area contributed by atoms with Gasteiger partial charge in [-0.25, -0.2) is 4.99 Å². The van der Waals surface area contributed by atoms with Crippen LogP contribution in [0.3, 0.4) is 0 Å². The molecule has 1 atom stereocenters. The number of aliphatic hydroxyl groups excluding tert-OH is 1. The summed E-state index contributed by atoms with van der Waals surface area (Å²) in [5.41, 5.74) is 0. The highest BCUT2D eigenvalue weighted by Crippen LogP contribution is 1.96. The van der Waals surface area contributed by atoms with E-state index < -0.39 is 23.2 Å². The van der Waals surface area contributed by atoms with E-state index in [9.17, 15) is 8.42 Å². The average molecular weight is 294 g/mol. The predicted octanol–water partition coefficient (Wildman–Crippen LogP) is -0.436. The van der Waals surface area contributed by atoms with E-state index in [0.29, 0.717) is 13.0 Å². The van der Waals surface area contributed by atoms with E-state index in [4.69, 9.17) is 9.84 Å². The fourth-order valence-electron chi connectivity index (χ4n) is 0.934. The van der Waals surface area contributed by atoms with Crippen LogP contribution in [0, 0.1) is 0 Å². The van der Waals surface area contributed by atoms with Crippen molar-refractivity contribution in [3.63, 3.8) is 0 Å². The molecule has 0 aromatic carbocycles. The molecule has 8 nitrogen and oxygen atoms in total. The molecule has 0 saturated carbocycles. The van der Waals surface area contributed by atoms with Crippen LogP contribution in [0.2, 0.25) is 0 Å². The van der Waals surface area contributed by atoms with Crippen molar-refractivity contribution in [3.05, 3.63) is 12.4 Å². The van der Waals surface area contributed by atoms with Crippen molar-refractivity contribution in [2.75, 3.05) is 20.4 Å². The van der Waals surface area contributed by atoms with E-state index in [-0.39, 0.29) is 5.82 Å². The Morgan fingerprint density at radius 1 is 1.63 bits per heavy atom. The lowest BCUT2D eigenvalue weighted by Crippen LogP contribution is -2.36. The van der Waals surface area contributed by atoms with Gasteiger partial charge in [0.15, 0.2) is 0 Å². The molecular weight excluding hydrogens is 272 g/mol. The number of nitrogens with zero attached hydrogens (tertiary/aromatic N) is 2. The Bertz CT molecular complexity index is 396. The van der Waals surface area contributed by atoms with E-state index in [1.807, 2.05) is 6.92 Å². The number of hydrogen-bond acceptors (Lipinski definition) is 5. The van der Waals surface area contributed by atoms with E-state index >= 15 is 0 Å². The molecule has 0 aliphatic rings. The second-order valence-electron chi connectivity index (χ2n) is 3.75. The lowest BCUT2D eigenvalue weighted by Gasteiger charge is -2.21. The summed E-state index contributed by atoms with van der Waals surface area (Å²) >= 11 is 0. The van der Waals surface area contributed by atoms with Gasteiger partial charge in [-0.05, 0) is 13.3 Å². The summed E-state index contributed by atoms with van der Waals surface area (Å²) in [5, 5.41) is 8.59. The average Bonchev–Trinajstić information content (AvgIpc) is 2.33. The Kier molecular flexibility index (Phi) is 8.32. The van der Waals surface area contributed by atoms with Crippen molar-refractivity contribution >= 4 is 16.5 Å². The van der Waals surface area contributed by atoms with Gasteiger partial charge in [0.25, 0.3) is 10.2 Å². The smallest absolute Gasteiger partial charge is 0.300 e. The first-order chi connectivity index (χ1) is 8.82. The first-order valence-corrected chi connectivity index (χ1v) is 7.25. The summed E-state index contributed by atoms with van der Waals surface area (Å²) in [6.45, 7) is 6.97. The number of ether oxygens (including phenoxy) is 1. The van der Waals surface area contributed by atoms with E-state index in [2.05, 4.69) is 21.0 Å². The van der Waals surface area contributed by atoms with Crippen LogP contribution < -0.4 is 9.44 Å². The van der Waals surface area contributed by atoms with Gasteiger partial charge >= 0.3 is 0 Å². The Morgan fingerprint density at radius 2 is 2.26 bits per heavy atom. The molecule has 112 valence electrons. The standard InChI is InChI=1S/C10H22N4O4S/c1-5-6-12-19(16,17)13-9(2)11-7-14(4)10(3)18-8-15/h7,10,12-13,15H,2,5-6,8H2,1,3-4H3. The summed E-state index contributed by atoms with van der Waals surface area (Å²) in [7, 11) is -1.96. The molecule has 9 heteroatoms. The third-order valence-electron chi connectivity index (χ3n) is 2.08. The largest absolute Gasteiger partial charge is 0.371 e. The van der Waals surface area contributed by atoms with E-state index in [0.717, 1.165) is 0 Å².